The zero-order chi connectivity index (χ0) is 15.8. The van der Waals surface area contributed by atoms with E-state index < -0.39 is 0 Å². The van der Waals surface area contributed by atoms with Crippen molar-refractivity contribution in [1.29, 1.82) is 0 Å². The van der Waals surface area contributed by atoms with E-state index in [0.29, 0.717) is 29.4 Å². The Balaban J connectivity index is 2.87. The van der Waals surface area contributed by atoms with E-state index in [1.807, 2.05) is 0 Å². The summed E-state index contributed by atoms with van der Waals surface area (Å²) in [4.78, 5) is 11.3. The Hall–Kier alpha value is -2.37. The Morgan fingerprint density at radius 2 is 1.67 bits per heavy atom. The van der Waals surface area contributed by atoms with Crippen LogP contribution in [0.5, 0.6) is 17.2 Å². The van der Waals surface area contributed by atoms with E-state index in [9.17, 15) is 4.79 Å². The summed E-state index contributed by atoms with van der Waals surface area (Å²) in [5, 5.41) is 3.16. The number of nitrogens with one attached hydrogen (secondary N) is 1. The molecule has 0 aliphatic carbocycles. The highest BCUT2D eigenvalue weighted by molar-refractivity contribution is 5.87. The van der Waals surface area contributed by atoms with Crippen LogP contribution in [0.15, 0.2) is 23.8 Å². The molecule has 1 N–H and O–H groups in total. The zero-order valence-corrected chi connectivity index (χ0v) is 13.0. The molecule has 1 aromatic carbocycles. The number of carbonyl (C=O) groups is 1. The van der Waals surface area contributed by atoms with E-state index in [1.54, 1.807) is 46.5 Å². The molecule has 116 valence electrons. The molecule has 0 aromatic heterocycles. The van der Waals surface area contributed by atoms with Crippen LogP contribution in [0.1, 0.15) is 6.92 Å². The normalized spacial score (nSPS) is 10.8. The van der Waals surface area contributed by atoms with Gasteiger partial charge in [0, 0.05) is 29.9 Å². The molecule has 0 radical (unpaired) electrons. The second-order valence-corrected chi connectivity index (χ2v) is 4.17. The molecule has 0 bridgehead atoms. The summed E-state index contributed by atoms with van der Waals surface area (Å²) in [6, 6.07) is 3.59. The minimum absolute atomic E-state index is 0.346. The molecule has 0 aliphatic heterocycles. The maximum atomic E-state index is 11.3. The van der Waals surface area contributed by atoms with E-state index in [4.69, 9.17) is 14.2 Å². The van der Waals surface area contributed by atoms with Gasteiger partial charge in [-0.3, -0.25) is 0 Å². The first kappa shape index (κ1) is 16.7. The summed E-state index contributed by atoms with van der Waals surface area (Å²) >= 11 is 0. The van der Waals surface area contributed by atoms with Gasteiger partial charge in [-0.05, 0) is 6.92 Å². The highest BCUT2D eigenvalue weighted by Gasteiger charge is 2.12. The van der Waals surface area contributed by atoms with Crippen molar-refractivity contribution >= 4 is 11.7 Å². The van der Waals surface area contributed by atoms with Gasteiger partial charge >= 0.3 is 5.97 Å². The van der Waals surface area contributed by atoms with Crippen LogP contribution >= 0.6 is 0 Å². The van der Waals surface area contributed by atoms with Crippen LogP contribution in [-0.4, -0.2) is 41.0 Å². The first-order valence-corrected chi connectivity index (χ1v) is 6.36. The molecular weight excluding hydrogens is 274 g/mol. The number of hydrogen-bond acceptors (Lipinski definition) is 6. The van der Waals surface area contributed by atoms with Crippen LogP contribution in [0.4, 0.5) is 5.69 Å². The zero-order valence-electron chi connectivity index (χ0n) is 13.0. The number of hydrogen-bond donors (Lipinski definition) is 1. The lowest BCUT2D eigenvalue weighted by atomic mass is 10.2. The summed E-state index contributed by atoms with van der Waals surface area (Å²) in [5.41, 5.74) is 1.33. The fourth-order valence-electron chi connectivity index (χ4n) is 1.75. The van der Waals surface area contributed by atoms with Crippen molar-refractivity contribution in [2.45, 2.75) is 6.92 Å². The van der Waals surface area contributed by atoms with Crippen LogP contribution in [-0.2, 0) is 9.53 Å². The third-order valence-electron chi connectivity index (χ3n) is 2.89. The molecule has 1 rings (SSSR count). The summed E-state index contributed by atoms with van der Waals surface area (Å²) in [5.74, 6) is 1.31. The lowest BCUT2D eigenvalue weighted by Gasteiger charge is -2.14. The van der Waals surface area contributed by atoms with Crippen LogP contribution < -0.4 is 19.5 Å². The van der Waals surface area contributed by atoms with Gasteiger partial charge in [0.2, 0.25) is 5.75 Å². The molecule has 6 heteroatoms. The van der Waals surface area contributed by atoms with Gasteiger partial charge in [0.25, 0.3) is 0 Å². The number of benzene rings is 1. The van der Waals surface area contributed by atoms with Gasteiger partial charge in [-0.1, -0.05) is 6.08 Å². The molecule has 0 saturated carbocycles. The predicted octanol–water partition coefficient (Wildman–Crippen LogP) is 2.24. The first-order chi connectivity index (χ1) is 10.1. The van der Waals surface area contributed by atoms with Gasteiger partial charge in [0.1, 0.15) is 0 Å². The molecule has 0 saturated heterocycles. The van der Waals surface area contributed by atoms with Crippen LogP contribution in [0.2, 0.25) is 0 Å². The Bertz CT molecular complexity index is 500. The summed E-state index contributed by atoms with van der Waals surface area (Å²) in [6.07, 6.45) is 1.75. The minimum atomic E-state index is -0.346. The lowest BCUT2D eigenvalue weighted by Crippen LogP contribution is -2.06. The molecule has 0 unspecified atom stereocenters. The maximum Gasteiger partial charge on any atom is 0.333 e. The third kappa shape index (κ3) is 4.30. The fraction of sp³-hybridized carbons (Fsp3) is 0.400. The van der Waals surface area contributed by atoms with Crippen molar-refractivity contribution in [2.75, 3.05) is 40.3 Å². The molecule has 0 spiro atoms. The van der Waals surface area contributed by atoms with Crippen molar-refractivity contribution < 1.29 is 23.7 Å². The number of anilines is 1. The highest BCUT2D eigenvalue weighted by Crippen LogP contribution is 2.39. The Kier molecular flexibility index (Phi) is 6.39. The Labute approximate surface area is 124 Å². The number of esters is 1. The van der Waals surface area contributed by atoms with Crippen LogP contribution in [0.25, 0.3) is 0 Å². The van der Waals surface area contributed by atoms with Crippen LogP contribution in [0.3, 0.4) is 0 Å². The van der Waals surface area contributed by atoms with E-state index in [0.717, 1.165) is 5.69 Å². The smallest absolute Gasteiger partial charge is 0.333 e. The van der Waals surface area contributed by atoms with Crippen molar-refractivity contribution in [2.24, 2.45) is 0 Å². The van der Waals surface area contributed by atoms with Crippen molar-refractivity contribution in [3.05, 3.63) is 23.8 Å². The van der Waals surface area contributed by atoms with Crippen molar-refractivity contribution in [3.63, 3.8) is 0 Å². The second-order valence-electron chi connectivity index (χ2n) is 4.17. The van der Waals surface area contributed by atoms with Gasteiger partial charge in [-0.25, -0.2) is 4.79 Å². The van der Waals surface area contributed by atoms with E-state index in [-0.39, 0.29) is 5.97 Å². The molecule has 1 aromatic rings. The Morgan fingerprint density at radius 1 is 1.10 bits per heavy atom. The van der Waals surface area contributed by atoms with Gasteiger partial charge < -0.3 is 24.3 Å². The topological polar surface area (TPSA) is 66.0 Å². The van der Waals surface area contributed by atoms with E-state index in [1.165, 1.54) is 7.11 Å². The first-order valence-electron chi connectivity index (χ1n) is 6.36. The predicted molar refractivity (Wildman–Crippen MR) is 80.4 cm³/mol. The highest BCUT2D eigenvalue weighted by atomic mass is 16.5. The molecule has 0 fully saturated rings. The molecule has 0 atom stereocenters. The standard InChI is InChI=1S/C15H21NO5/c1-10(15(17)21-5)6-7-16-11-8-12(18-2)14(20-4)13(9-11)19-3/h6,8-9,16H,7H2,1-5H3/b10-6+. The monoisotopic (exact) mass is 295 g/mol. The molecular formula is C15H21NO5. The third-order valence-corrected chi connectivity index (χ3v) is 2.89. The van der Waals surface area contributed by atoms with Crippen molar-refractivity contribution in [1.82, 2.24) is 0 Å². The lowest BCUT2D eigenvalue weighted by molar-refractivity contribution is -0.136. The number of carbonyl (C=O) groups excluding carboxylic acids is 1. The average molecular weight is 295 g/mol. The summed E-state index contributed by atoms with van der Waals surface area (Å²) in [6.45, 7) is 2.17. The van der Waals surface area contributed by atoms with Gasteiger partial charge in [0.05, 0.1) is 28.4 Å². The largest absolute Gasteiger partial charge is 0.493 e. The number of methoxy groups -OCH3 is 4. The number of ether oxygens (including phenoxy) is 4. The fourth-order valence-corrected chi connectivity index (χ4v) is 1.75. The SMILES string of the molecule is COC(=O)/C(C)=C/CNc1cc(OC)c(OC)c(OC)c1. The van der Waals surface area contributed by atoms with Crippen molar-refractivity contribution in [3.8, 4) is 17.2 Å². The molecule has 0 heterocycles. The Morgan fingerprint density at radius 3 is 2.10 bits per heavy atom. The molecule has 0 aliphatic rings. The van der Waals surface area contributed by atoms with Gasteiger partial charge in [-0.15, -0.1) is 0 Å². The number of rotatable bonds is 7. The molecule has 0 amide bonds. The molecule has 6 nitrogen and oxygen atoms in total. The second kappa shape index (κ2) is 8.04. The maximum absolute atomic E-state index is 11.3. The van der Waals surface area contributed by atoms with Crippen LogP contribution in [0, 0.1) is 0 Å². The van der Waals surface area contributed by atoms with E-state index in [2.05, 4.69) is 10.1 Å². The van der Waals surface area contributed by atoms with E-state index >= 15 is 0 Å². The van der Waals surface area contributed by atoms with Gasteiger partial charge in [-0.2, -0.15) is 0 Å². The minimum Gasteiger partial charge on any atom is -0.493 e. The average Bonchev–Trinajstić information content (AvgIpc) is 2.52. The summed E-state index contributed by atoms with van der Waals surface area (Å²) in [7, 11) is 6.02. The summed E-state index contributed by atoms with van der Waals surface area (Å²) < 4.78 is 20.4. The quantitative estimate of drug-likeness (QED) is 0.615. The van der Waals surface area contributed by atoms with Gasteiger partial charge in [0.15, 0.2) is 11.5 Å². The molecule has 21 heavy (non-hydrogen) atoms.